The van der Waals surface area contributed by atoms with E-state index in [4.69, 9.17) is 5.73 Å². The Bertz CT molecular complexity index is 908. The monoisotopic (exact) mass is 412 g/mol. The van der Waals surface area contributed by atoms with E-state index in [9.17, 15) is 20.4 Å². The van der Waals surface area contributed by atoms with E-state index < -0.39 is 17.3 Å². The van der Waals surface area contributed by atoms with Crippen LogP contribution >= 0.6 is 15.9 Å². The van der Waals surface area contributed by atoms with Gasteiger partial charge in [-0.2, -0.15) is 10.5 Å². The van der Waals surface area contributed by atoms with Crippen molar-refractivity contribution in [3.8, 4) is 12.1 Å². The molecule has 2 atom stereocenters. The minimum absolute atomic E-state index is 0.102. The molecule has 1 aliphatic carbocycles. The highest BCUT2D eigenvalue weighted by Crippen LogP contribution is 2.55. The van der Waals surface area contributed by atoms with Crippen LogP contribution in [0.1, 0.15) is 11.5 Å². The number of aliphatic carboxylic acids is 1. The molecule has 1 heterocycles. The van der Waals surface area contributed by atoms with Crippen LogP contribution in [0.5, 0.6) is 0 Å². The van der Waals surface area contributed by atoms with Crippen LogP contribution in [0.2, 0.25) is 0 Å². The normalized spacial score (nSPS) is 24.8. The summed E-state index contributed by atoms with van der Waals surface area (Å²) in [6, 6.07) is 11.5. The Hall–Kier alpha value is -2.61. The molecule has 0 amide bonds. The van der Waals surface area contributed by atoms with Crippen LogP contribution in [-0.4, -0.2) is 36.1 Å². The van der Waals surface area contributed by atoms with E-state index in [0.717, 1.165) is 10.0 Å². The number of fused-ring (bicyclic) bond motifs is 1. The summed E-state index contributed by atoms with van der Waals surface area (Å²) in [6.07, 6.45) is 1.84. The Morgan fingerprint density at radius 3 is 2.62 bits per heavy atom. The summed E-state index contributed by atoms with van der Waals surface area (Å²) in [4.78, 5) is 14.0. The molecular formula is C19H17BrN4O2. The average molecular weight is 413 g/mol. The number of nitrogens with two attached hydrogens (primary N) is 1. The lowest BCUT2D eigenvalue weighted by Crippen LogP contribution is -2.48. The molecule has 3 N–H and O–H groups in total. The highest BCUT2D eigenvalue weighted by atomic mass is 79.9. The van der Waals surface area contributed by atoms with Crippen LogP contribution in [-0.2, 0) is 4.79 Å². The quantitative estimate of drug-likeness (QED) is 0.770. The SMILES string of the molecule is CN1CC=C2C(C(=O)O)=C(N)C(C#N)(C#N)C(c3ccccc3Br)C2C1. The average Bonchev–Trinajstić information content (AvgIpc) is 2.61. The molecule has 0 spiro atoms. The first-order chi connectivity index (χ1) is 12.4. The second-order valence-electron chi connectivity index (χ2n) is 6.61. The number of carboxylic acids is 1. The number of allylic oxidation sites excluding steroid dienone is 1. The molecule has 0 radical (unpaired) electrons. The lowest BCUT2D eigenvalue weighted by Gasteiger charge is -2.45. The van der Waals surface area contributed by atoms with Crippen molar-refractivity contribution in [1.82, 2.24) is 4.90 Å². The fourth-order valence-corrected chi connectivity index (χ4v) is 4.54. The van der Waals surface area contributed by atoms with Crippen LogP contribution in [0.25, 0.3) is 0 Å². The summed E-state index contributed by atoms with van der Waals surface area (Å²) in [5.74, 6) is -2.11. The molecule has 0 bridgehead atoms. The van der Waals surface area contributed by atoms with E-state index >= 15 is 0 Å². The van der Waals surface area contributed by atoms with Gasteiger partial charge in [0.15, 0.2) is 5.41 Å². The number of rotatable bonds is 2. The molecule has 1 aliphatic heterocycles. The van der Waals surface area contributed by atoms with Crippen molar-refractivity contribution in [3.05, 3.63) is 57.2 Å². The Morgan fingerprint density at radius 2 is 2.04 bits per heavy atom. The molecule has 1 aromatic carbocycles. The summed E-state index contributed by atoms with van der Waals surface area (Å²) in [7, 11) is 1.92. The molecule has 2 aliphatic rings. The van der Waals surface area contributed by atoms with E-state index in [-0.39, 0.29) is 17.2 Å². The first kappa shape index (κ1) is 18.2. The van der Waals surface area contributed by atoms with Gasteiger partial charge >= 0.3 is 5.97 Å². The van der Waals surface area contributed by atoms with Gasteiger partial charge in [0.2, 0.25) is 0 Å². The number of benzene rings is 1. The Labute approximate surface area is 159 Å². The Balaban J connectivity index is 2.39. The molecule has 0 aromatic heterocycles. The number of carbonyl (C=O) groups is 1. The molecule has 0 saturated heterocycles. The molecule has 0 saturated carbocycles. The van der Waals surface area contributed by atoms with Gasteiger partial charge in [-0.15, -0.1) is 0 Å². The van der Waals surface area contributed by atoms with Crippen molar-refractivity contribution < 1.29 is 9.90 Å². The molecule has 2 unspecified atom stereocenters. The number of carboxylic acid groups (broad SMARTS) is 1. The van der Waals surface area contributed by atoms with Crippen LogP contribution < -0.4 is 5.73 Å². The highest BCUT2D eigenvalue weighted by molar-refractivity contribution is 9.10. The molecule has 1 aromatic rings. The maximum atomic E-state index is 11.9. The maximum absolute atomic E-state index is 11.9. The van der Waals surface area contributed by atoms with Crippen molar-refractivity contribution in [3.63, 3.8) is 0 Å². The standard InChI is InChI=1S/C19H17BrN4O2/c1-24-7-6-11-13(8-24)16(12-4-2-3-5-14(12)20)19(9-21,10-22)17(23)15(11)18(25)26/h2-6,13,16H,7-8,23H2,1H3,(H,25,26). The third kappa shape index (κ3) is 2.52. The molecule has 3 rings (SSSR count). The fraction of sp³-hybridized carbons (Fsp3) is 0.316. The van der Waals surface area contributed by atoms with Gasteiger partial charge in [-0.25, -0.2) is 4.79 Å². The first-order valence-electron chi connectivity index (χ1n) is 8.06. The molecule has 7 heteroatoms. The van der Waals surface area contributed by atoms with E-state index in [1.165, 1.54) is 0 Å². The smallest absolute Gasteiger partial charge is 0.337 e. The second-order valence-corrected chi connectivity index (χ2v) is 7.47. The van der Waals surface area contributed by atoms with Crippen molar-refractivity contribution in [2.45, 2.75) is 5.92 Å². The summed E-state index contributed by atoms with van der Waals surface area (Å²) in [5, 5.41) is 29.7. The zero-order chi connectivity index (χ0) is 19.1. The van der Waals surface area contributed by atoms with Gasteiger partial charge in [0.25, 0.3) is 0 Å². The van der Waals surface area contributed by atoms with Gasteiger partial charge in [0.05, 0.1) is 23.4 Å². The fourth-order valence-electron chi connectivity index (χ4n) is 4.01. The zero-order valence-electron chi connectivity index (χ0n) is 14.1. The number of halogens is 1. The van der Waals surface area contributed by atoms with Crippen LogP contribution in [0.15, 0.2) is 51.7 Å². The summed E-state index contributed by atoms with van der Waals surface area (Å²) < 4.78 is 0.763. The molecule has 6 nitrogen and oxygen atoms in total. The topological polar surface area (TPSA) is 114 Å². The molecular weight excluding hydrogens is 396 g/mol. The molecule has 26 heavy (non-hydrogen) atoms. The summed E-state index contributed by atoms with van der Waals surface area (Å²) in [6.45, 7) is 1.12. The van der Waals surface area contributed by atoms with Gasteiger partial charge in [-0.3, -0.25) is 0 Å². The second kappa shape index (κ2) is 6.60. The number of hydrogen-bond donors (Lipinski definition) is 2. The largest absolute Gasteiger partial charge is 0.478 e. The van der Waals surface area contributed by atoms with Gasteiger partial charge in [0.1, 0.15) is 0 Å². The lowest BCUT2D eigenvalue weighted by atomic mass is 9.58. The van der Waals surface area contributed by atoms with Crippen LogP contribution in [0.3, 0.4) is 0 Å². The number of hydrogen-bond acceptors (Lipinski definition) is 5. The van der Waals surface area contributed by atoms with E-state index in [1.54, 1.807) is 0 Å². The number of likely N-dealkylation sites (N-methyl/N-ethyl adjacent to an activating group) is 1. The van der Waals surface area contributed by atoms with E-state index in [0.29, 0.717) is 18.7 Å². The number of nitriles is 2. The van der Waals surface area contributed by atoms with Crippen molar-refractivity contribution in [2.24, 2.45) is 17.1 Å². The van der Waals surface area contributed by atoms with Crippen molar-refractivity contribution in [2.75, 3.05) is 20.1 Å². The van der Waals surface area contributed by atoms with Gasteiger partial charge in [-0.1, -0.05) is 40.2 Å². The first-order valence-corrected chi connectivity index (χ1v) is 8.86. The van der Waals surface area contributed by atoms with Gasteiger partial charge in [0, 0.05) is 29.4 Å². The van der Waals surface area contributed by atoms with E-state index in [2.05, 4.69) is 28.1 Å². The Kier molecular flexibility index (Phi) is 4.62. The highest BCUT2D eigenvalue weighted by Gasteiger charge is 2.55. The number of nitrogens with zero attached hydrogens (tertiary/aromatic N) is 3. The minimum atomic E-state index is -1.75. The van der Waals surface area contributed by atoms with Gasteiger partial charge in [-0.05, 0) is 24.3 Å². The molecule has 0 fully saturated rings. The van der Waals surface area contributed by atoms with Gasteiger partial charge < -0.3 is 15.7 Å². The maximum Gasteiger partial charge on any atom is 0.337 e. The van der Waals surface area contributed by atoms with Crippen LogP contribution in [0.4, 0.5) is 0 Å². The zero-order valence-corrected chi connectivity index (χ0v) is 15.7. The van der Waals surface area contributed by atoms with Crippen molar-refractivity contribution >= 4 is 21.9 Å². The third-order valence-corrected chi connectivity index (χ3v) is 5.91. The lowest BCUT2D eigenvalue weighted by molar-refractivity contribution is -0.132. The Morgan fingerprint density at radius 1 is 1.38 bits per heavy atom. The predicted molar refractivity (Wildman–Crippen MR) is 98.5 cm³/mol. The van der Waals surface area contributed by atoms with E-state index in [1.807, 2.05) is 42.3 Å². The van der Waals surface area contributed by atoms with Crippen LogP contribution in [0, 0.1) is 34.0 Å². The summed E-state index contributed by atoms with van der Waals surface area (Å²) >= 11 is 3.51. The summed E-state index contributed by atoms with van der Waals surface area (Å²) in [5.41, 5.74) is 5.53. The van der Waals surface area contributed by atoms with Crippen molar-refractivity contribution in [1.29, 1.82) is 10.5 Å². The predicted octanol–water partition coefficient (Wildman–Crippen LogP) is 2.37. The third-order valence-electron chi connectivity index (χ3n) is 5.19. The molecule has 132 valence electrons. The minimum Gasteiger partial charge on any atom is -0.478 e.